The molecule has 1 aromatic carbocycles. The fourth-order valence-corrected chi connectivity index (χ4v) is 2.72. The van der Waals surface area contributed by atoms with E-state index in [1.807, 2.05) is 0 Å². The first kappa shape index (κ1) is 14.7. The molecule has 0 saturated heterocycles. The number of carbonyl (C=O) groups is 2. The van der Waals surface area contributed by atoms with E-state index in [0.717, 1.165) is 25.7 Å². The second kappa shape index (κ2) is 6.66. The molecule has 1 aliphatic carbocycles. The second-order valence-electron chi connectivity index (χ2n) is 5.44. The standard InChI is InChI=1S/C16H21NO3/c1-11(19)12-6-8-13(9-7-12)16(20)17-15-5-3-2-4-14(15)10-18/h6-9,14-15,18H,2-5,10H2,1H3,(H,17,20). The minimum atomic E-state index is -0.134. The molecule has 0 aliphatic heterocycles. The van der Waals surface area contributed by atoms with Gasteiger partial charge in [0.25, 0.3) is 5.91 Å². The van der Waals surface area contributed by atoms with E-state index in [-0.39, 0.29) is 30.3 Å². The zero-order valence-corrected chi connectivity index (χ0v) is 11.8. The van der Waals surface area contributed by atoms with Gasteiger partial charge in [-0.05, 0) is 31.9 Å². The Kier molecular flexibility index (Phi) is 4.90. The number of nitrogens with one attached hydrogen (secondary N) is 1. The molecule has 0 radical (unpaired) electrons. The van der Waals surface area contributed by atoms with Crippen molar-refractivity contribution in [2.45, 2.75) is 38.6 Å². The molecule has 1 amide bonds. The van der Waals surface area contributed by atoms with E-state index >= 15 is 0 Å². The highest BCUT2D eigenvalue weighted by Crippen LogP contribution is 2.24. The van der Waals surface area contributed by atoms with Gasteiger partial charge in [0, 0.05) is 29.7 Å². The quantitative estimate of drug-likeness (QED) is 0.828. The van der Waals surface area contributed by atoms with E-state index in [4.69, 9.17) is 0 Å². The highest BCUT2D eigenvalue weighted by atomic mass is 16.3. The van der Waals surface area contributed by atoms with Gasteiger partial charge in [-0.25, -0.2) is 0 Å². The highest BCUT2D eigenvalue weighted by molar-refractivity contribution is 5.97. The molecule has 2 atom stereocenters. The number of rotatable bonds is 4. The van der Waals surface area contributed by atoms with Crippen LogP contribution in [0.2, 0.25) is 0 Å². The van der Waals surface area contributed by atoms with Gasteiger partial charge in [0.05, 0.1) is 0 Å². The molecule has 108 valence electrons. The van der Waals surface area contributed by atoms with E-state index in [1.54, 1.807) is 24.3 Å². The lowest BCUT2D eigenvalue weighted by molar-refractivity contribution is 0.0871. The van der Waals surface area contributed by atoms with Gasteiger partial charge in [0.2, 0.25) is 0 Å². The summed E-state index contributed by atoms with van der Waals surface area (Å²) >= 11 is 0. The topological polar surface area (TPSA) is 66.4 Å². The predicted octanol–water partition coefficient (Wildman–Crippen LogP) is 2.17. The summed E-state index contributed by atoms with van der Waals surface area (Å²) in [7, 11) is 0. The lowest BCUT2D eigenvalue weighted by Crippen LogP contribution is -2.43. The number of benzene rings is 1. The van der Waals surface area contributed by atoms with Gasteiger partial charge in [-0.2, -0.15) is 0 Å². The van der Waals surface area contributed by atoms with Crippen molar-refractivity contribution < 1.29 is 14.7 Å². The number of Topliss-reactive ketones (excluding diaryl/α,β-unsaturated/α-hetero) is 1. The van der Waals surface area contributed by atoms with Gasteiger partial charge in [-0.1, -0.05) is 25.0 Å². The first-order valence-corrected chi connectivity index (χ1v) is 7.14. The molecule has 2 unspecified atom stereocenters. The molecule has 0 heterocycles. The monoisotopic (exact) mass is 275 g/mol. The molecule has 0 spiro atoms. The largest absolute Gasteiger partial charge is 0.396 e. The number of amides is 1. The molecule has 2 rings (SSSR count). The predicted molar refractivity (Wildman–Crippen MR) is 76.7 cm³/mol. The number of ketones is 1. The first-order chi connectivity index (χ1) is 9.61. The molecule has 1 aliphatic rings. The molecular formula is C16H21NO3. The molecule has 4 heteroatoms. The third kappa shape index (κ3) is 3.45. The van der Waals surface area contributed by atoms with Crippen molar-refractivity contribution in [3.8, 4) is 0 Å². The Morgan fingerprint density at radius 2 is 1.75 bits per heavy atom. The van der Waals surface area contributed by atoms with Crippen molar-refractivity contribution in [3.63, 3.8) is 0 Å². The molecule has 1 saturated carbocycles. The Morgan fingerprint density at radius 3 is 2.35 bits per heavy atom. The van der Waals surface area contributed by atoms with Gasteiger partial charge >= 0.3 is 0 Å². The summed E-state index contributed by atoms with van der Waals surface area (Å²) in [6.45, 7) is 1.62. The van der Waals surface area contributed by atoms with E-state index in [9.17, 15) is 14.7 Å². The maximum Gasteiger partial charge on any atom is 0.251 e. The third-order valence-electron chi connectivity index (χ3n) is 4.01. The van der Waals surface area contributed by atoms with Gasteiger partial charge in [-0.3, -0.25) is 9.59 Å². The molecule has 2 N–H and O–H groups in total. The van der Waals surface area contributed by atoms with Crippen LogP contribution in [0.5, 0.6) is 0 Å². The van der Waals surface area contributed by atoms with Crippen LogP contribution in [0.15, 0.2) is 24.3 Å². The molecule has 1 fully saturated rings. The van der Waals surface area contributed by atoms with Crippen molar-refractivity contribution in [2.75, 3.05) is 6.61 Å². The zero-order valence-electron chi connectivity index (χ0n) is 11.8. The van der Waals surface area contributed by atoms with Crippen LogP contribution in [-0.2, 0) is 0 Å². The van der Waals surface area contributed by atoms with Crippen molar-refractivity contribution >= 4 is 11.7 Å². The maximum absolute atomic E-state index is 12.2. The minimum Gasteiger partial charge on any atom is -0.396 e. The normalized spacial score (nSPS) is 22.3. The summed E-state index contributed by atoms with van der Waals surface area (Å²) in [6, 6.07) is 6.73. The van der Waals surface area contributed by atoms with Crippen LogP contribution in [0.3, 0.4) is 0 Å². The van der Waals surface area contributed by atoms with Crippen LogP contribution < -0.4 is 5.32 Å². The van der Waals surface area contributed by atoms with E-state index in [2.05, 4.69) is 5.32 Å². The van der Waals surface area contributed by atoms with E-state index < -0.39 is 0 Å². The molecule has 1 aromatic rings. The van der Waals surface area contributed by atoms with Gasteiger partial charge in [-0.15, -0.1) is 0 Å². The fraction of sp³-hybridized carbons (Fsp3) is 0.500. The molecule has 0 aromatic heterocycles. The zero-order chi connectivity index (χ0) is 14.5. The SMILES string of the molecule is CC(=O)c1ccc(C(=O)NC2CCCCC2CO)cc1. The smallest absolute Gasteiger partial charge is 0.251 e. The van der Waals surface area contributed by atoms with Gasteiger partial charge in [0.15, 0.2) is 5.78 Å². The van der Waals surface area contributed by atoms with Crippen molar-refractivity contribution in [2.24, 2.45) is 5.92 Å². The Morgan fingerprint density at radius 1 is 1.15 bits per heavy atom. The van der Waals surface area contributed by atoms with Crippen LogP contribution in [0.1, 0.15) is 53.3 Å². The molecule has 4 nitrogen and oxygen atoms in total. The summed E-state index contributed by atoms with van der Waals surface area (Å²) in [5.74, 6) is 0.0132. The summed E-state index contributed by atoms with van der Waals surface area (Å²) < 4.78 is 0. The van der Waals surface area contributed by atoms with Crippen molar-refractivity contribution in [1.29, 1.82) is 0 Å². The van der Waals surface area contributed by atoms with Crippen LogP contribution >= 0.6 is 0 Å². The average molecular weight is 275 g/mol. The second-order valence-corrected chi connectivity index (χ2v) is 5.44. The van der Waals surface area contributed by atoms with Crippen molar-refractivity contribution in [1.82, 2.24) is 5.32 Å². The van der Waals surface area contributed by atoms with Gasteiger partial charge in [0.1, 0.15) is 0 Å². The van der Waals surface area contributed by atoms with Crippen molar-refractivity contribution in [3.05, 3.63) is 35.4 Å². The number of carbonyl (C=O) groups excluding carboxylic acids is 2. The summed E-state index contributed by atoms with van der Waals surface area (Å²) in [5, 5.41) is 12.4. The lowest BCUT2D eigenvalue weighted by atomic mass is 9.85. The van der Waals surface area contributed by atoms with Crippen LogP contribution in [0, 0.1) is 5.92 Å². The molecule has 20 heavy (non-hydrogen) atoms. The van der Waals surface area contributed by atoms with Crippen LogP contribution in [-0.4, -0.2) is 29.4 Å². The number of aliphatic hydroxyl groups excluding tert-OH is 1. The van der Waals surface area contributed by atoms with Gasteiger partial charge < -0.3 is 10.4 Å². The Labute approximate surface area is 119 Å². The molecule has 0 bridgehead atoms. The van der Waals surface area contributed by atoms with Crippen LogP contribution in [0.25, 0.3) is 0 Å². The summed E-state index contributed by atoms with van der Waals surface area (Å²) in [6.07, 6.45) is 4.09. The molecular weight excluding hydrogens is 254 g/mol. The Hall–Kier alpha value is -1.68. The van der Waals surface area contributed by atoms with E-state index in [1.165, 1.54) is 6.92 Å². The highest BCUT2D eigenvalue weighted by Gasteiger charge is 2.26. The van der Waals surface area contributed by atoms with Crippen LogP contribution in [0.4, 0.5) is 0 Å². The number of hydrogen-bond acceptors (Lipinski definition) is 3. The summed E-state index contributed by atoms with van der Waals surface area (Å²) in [4.78, 5) is 23.4. The fourth-order valence-electron chi connectivity index (χ4n) is 2.72. The first-order valence-electron chi connectivity index (χ1n) is 7.14. The van der Waals surface area contributed by atoms with E-state index in [0.29, 0.717) is 11.1 Å². The number of aliphatic hydroxyl groups is 1. The Bertz CT molecular complexity index is 481. The maximum atomic E-state index is 12.2. The Balaban J connectivity index is 2.01. The number of hydrogen-bond donors (Lipinski definition) is 2. The average Bonchev–Trinajstić information content (AvgIpc) is 2.48. The third-order valence-corrected chi connectivity index (χ3v) is 4.01. The lowest BCUT2D eigenvalue weighted by Gasteiger charge is -2.30. The minimum absolute atomic E-state index is 0.00965. The summed E-state index contributed by atoms with van der Waals surface area (Å²) in [5.41, 5.74) is 1.16.